The summed E-state index contributed by atoms with van der Waals surface area (Å²) in [5.74, 6) is -0.854. The Morgan fingerprint density at radius 3 is 2.78 bits per heavy atom. The third-order valence-corrected chi connectivity index (χ3v) is 4.21. The van der Waals surface area contributed by atoms with E-state index in [1.165, 1.54) is 29.7 Å². The quantitative estimate of drug-likeness (QED) is 0.519. The van der Waals surface area contributed by atoms with Crippen molar-refractivity contribution in [2.45, 2.75) is 6.61 Å². The van der Waals surface area contributed by atoms with Crippen molar-refractivity contribution < 1.29 is 13.9 Å². The van der Waals surface area contributed by atoms with Crippen molar-refractivity contribution in [3.8, 4) is 10.6 Å². The summed E-state index contributed by atoms with van der Waals surface area (Å²) in [4.78, 5) is 20.1. The lowest BCUT2D eigenvalue weighted by atomic mass is 10.2. The molecule has 1 aromatic carbocycles. The van der Waals surface area contributed by atoms with E-state index < -0.39 is 5.97 Å². The van der Waals surface area contributed by atoms with Gasteiger partial charge in [0.25, 0.3) is 0 Å². The second-order valence-corrected chi connectivity index (χ2v) is 5.78. The van der Waals surface area contributed by atoms with Gasteiger partial charge in [0.1, 0.15) is 22.6 Å². The third kappa shape index (κ3) is 3.72. The van der Waals surface area contributed by atoms with E-state index in [9.17, 15) is 9.18 Å². The average molecular weight is 349 g/mol. The van der Waals surface area contributed by atoms with Gasteiger partial charge in [-0.05, 0) is 36.4 Å². The van der Waals surface area contributed by atoms with Crippen LogP contribution in [0.1, 0.15) is 16.1 Å². The minimum atomic E-state index is -0.556. The summed E-state index contributed by atoms with van der Waals surface area (Å²) < 4.78 is 18.1. The largest absolute Gasteiger partial charge is 0.455 e. The van der Waals surface area contributed by atoms with E-state index in [2.05, 4.69) is 9.97 Å². The first kappa shape index (κ1) is 15.6. The lowest BCUT2D eigenvalue weighted by molar-refractivity contribution is 0.0468. The minimum Gasteiger partial charge on any atom is -0.455 e. The number of benzene rings is 1. The van der Waals surface area contributed by atoms with E-state index in [1.807, 2.05) is 0 Å². The molecule has 0 aliphatic rings. The maximum atomic E-state index is 12.9. The van der Waals surface area contributed by atoms with Crippen LogP contribution in [0.2, 0.25) is 5.15 Å². The number of ether oxygens (including phenoxy) is 1. The normalized spacial score (nSPS) is 10.5. The summed E-state index contributed by atoms with van der Waals surface area (Å²) in [5.41, 5.74) is 1.63. The van der Waals surface area contributed by atoms with Crippen LogP contribution in [0.15, 0.2) is 48.0 Å². The fourth-order valence-electron chi connectivity index (χ4n) is 1.85. The predicted octanol–water partition coefficient (Wildman–Crippen LogP) is 4.35. The second kappa shape index (κ2) is 6.85. The Hall–Kier alpha value is -2.31. The minimum absolute atomic E-state index is 0.0295. The number of nitrogens with zero attached hydrogens (tertiary/aromatic N) is 2. The molecule has 7 heteroatoms. The van der Waals surface area contributed by atoms with Crippen LogP contribution in [0, 0.1) is 5.82 Å². The molecule has 0 amide bonds. The summed E-state index contributed by atoms with van der Waals surface area (Å²) >= 11 is 7.24. The number of thiazole rings is 1. The van der Waals surface area contributed by atoms with Crippen molar-refractivity contribution in [2.24, 2.45) is 0 Å². The highest BCUT2D eigenvalue weighted by Crippen LogP contribution is 2.24. The molecule has 0 saturated carbocycles. The van der Waals surface area contributed by atoms with Crippen LogP contribution in [0.4, 0.5) is 4.39 Å². The van der Waals surface area contributed by atoms with Gasteiger partial charge in [-0.2, -0.15) is 0 Å². The molecule has 4 nitrogen and oxygen atoms in total. The van der Waals surface area contributed by atoms with Crippen LogP contribution in [0.3, 0.4) is 0 Å². The Bertz CT molecular complexity index is 836. The first-order chi connectivity index (χ1) is 11.1. The molecule has 0 saturated heterocycles. The number of carbonyl (C=O) groups is 1. The van der Waals surface area contributed by atoms with Gasteiger partial charge in [-0.25, -0.2) is 19.2 Å². The van der Waals surface area contributed by atoms with E-state index in [0.29, 0.717) is 5.69 Å². The first-order valence-electron chi connectivity index (χ1n) is 6.61. The maximum Gasteiger partial charge on any atom is 0.341 e. The smallest absolute Gasteiger partial charge is 0.341 e. The number of hydrogen-bond donors (Lipinski definition) is 0. The second-order valence-electron chi connectivity index (χ2n) is 4.57. The molecule has 0 N–H and O–H groups in total. The SMILES string of the molecule is O=C(OCc1csc(-c2ccc(F)cc2)n1)c1cccnc1Cl. The van der Waals surface area contributed by atoms with Crippen LogP contribution < -0.4 is 0 Å². The lowest BCUT2D eigenvalue weighted by Crippen LogP contribution is -2.06. The molecule has 0 unspecified atom stereocenters. The molecule has 0 fully saturated rings. The highest BCUT2D eigenvalue weighted by atomic mass is 35.5. The number of hydrogen-bond acceptors (Lipinski definition) is 5. The molecule has 2 aromatic heterocycles. The fourth-order valence-corrected chi connectivity index (χ4v) is 2.86. The zero-order valence-corrected chi connectivity index (χ0v) is 13.3. The van der Waals surface area contributed by atoms with Crippen molar-refractivity contribution in [3.05, 3.63) is 70.2 Å². The predicted molar refractivity (Wildman–Crippen MR) is 85.9 cm³/mol. The van der Waals surface area contributed by atoms with Crippen molar-refractivity contribution in [2.75, 3.05) is 0 Å². The molecule has 0 radical (unpaired) electrons. The average Bonchev–Trinajstić information content (AvgIpc) is 3.03. The summed E-state index contributed by atoms with van der Waals surface area (Å²) in [6, 6.07) is 9.21. The van der Waals surface area contributed by atoms with Crippen molar-refractivity contribution in [1.29, 1.82) is 0 Å². The summed E-state index contributed by atoms with van der Waals surface area (Å²) in [7, 11) is 0. The van der Waals surface area contributed by atoms with Gasteiger partial charge >= 0.3 is 5.97 Å². The maximum absolute atomic E-state index is 12.9. The standard InChI is InChI=1S/C16H10ClFN2O2S/c17-14-13(2-1-7-19-14)16(21)22-8-12-9-23-15(20-12)10-3-5-11(18)6-4-10/h1-7,9H,8H2. The lowest BCUT2D eigenvalue weighted by Gasteiger charge is -2.03. The molecular formula is C16H10ClFN2O2S. The van der Waals surface area contributed by atoms with Gasteiger partial charge in [-0.3, -0.25) is 0 Å². The molecular weight excluding hydrogens is 339 g/mol. The van der Waals surface area contributed by atoms with Crippen molar-refractivity contribution in [3.63, 3.8) is 0 Å². The van der Waals surface area contributed by atoms with E-state index in [-0.39, 0.29) is 23.1 Å². The van der Waals surface area contributed by atoms with E-state index in [4.69, 9.17) is 16.3 Å². The third-order valence-electron chi connectivity index (χ3n) is 2.97. The number of rotatable bonds is 4. The Morgan fingerprint density at radius 2 is 2.04 bits per heavy atom. The van der Waals surface area contributed by atoms with Gasteiger partial charge in [-0.15, -0.1) is 11.3 Å². The first-order valence-corrected chi connectivity index (χ1v) is 7.87. The number of aromatic nitrogens is 2. The van der Waals surface area contributed by atoms with E-state index in [1.54, 1.807) is 29.6 Å². The molecule has 23 heavy (non-hydrogen) atoms. The van der Waals surface area contributed by atoms with Crippen molar-refractivity contribution >= 4 is 28.9 Å². The number of esters is 1. The summed E-state index contributed by atoms with van der Waals surface area (Å²) in [6.45, 7) is 0.0295. The fraction of sp³-hybridized carbons (Fsp3) is 0.0625. The number of carbonyl (C=O) groups excluding carboxylic acids is 1. The van der Waals surface area contributed by atoms with Crippen LogP contribution in [-0.4, -0.2) is 15.9 Å². The van der Waals surface area contributed by atoms with E-state index >= 15 is 0 Å². The Kier molecular flexibility index (Phi) is 4.64. The molecule has 0 aliphatic heterocycles. The molecule has 2 heterocycles. The summed E-state index contributed by atoms with van der Waals surface area (Å²) in [6.07, 6.45) is 1.49. The molecule has 116 valence electrons. The number of pyridine rings is 1. The van der Waals surface area contributed by atoms with Gasteiger partial charge in [0.2, 0.25) is 0 Å². The Morgan fingerprint density at radius 1 is 1.26 bits per heavy atom. The molecule has 0 aliphatic carbocycles. The topological polar surface area (TPSA) is 52.1 Å². The monoisotopic (exact) mass is 348 g/mol. The number of halogens is 2. The van der Waals surface area contributed by atoms with Crippen LogP contribution in [0.5, 0.6) is 0 Å². The molecule has 3 aromatic rings. The van der Waals surface area contributed by atoms with Gasteiger partial charge < -0.3 is 4.74 Å². The molecule has 3 rings (SSSR count). The van der Waals surface area contributed by atoms with Gasteiger partial charge in [-0.1, -0.05) is 11.6 Å². The van der Waals surface area contributed by atoms with Gasteiger partial charge in [0.05, 0.1) is 11.3 Å². The van der Waals surface area contributed by atoms with E-state index in [0.717, 1.165) is 10.6 Å². The molecule has 0 bridgehead atoms. The zero-order valence-electron chi connectivity index (χ0n) is 11.7. The summed E-state index contributed by atoms with van der Waals surface area (Å²) in [5, 5.41) is 2.62. The Balaban J connectivity index is 1.67. The Labute approximate surface area is 140 Å². The molecule has 0 spiro atoms. The zero-order chi connectivity index (χ0) is 16.2. The van der Waals surface area contributed by atoms with Crippen LogP contribution >= 0.6 is 22.9 Å². The van der Waals surface area contributed by atoms with Crippen LogP contribution in [-0.2, 0) is 11.3 Å². The van der Waals surface area contributed by atoms with Crippen molar-refractivity contribution in [1.82, 2.24) is 9.97 Å². The van der Waals surface area contributed by atoms with Crippen LogP contribution in [0.25, 0.3) is 10.6 Å². The van der Waals surface area contributed by atoms with Gasteiger partial charge in [0, 0.05) is 17.1 Å². The highest BCUT2D eigenvalue weighted by Gasteiger charge is 2.13. The van der Waals surface area contributed by atoms with Gasteiger partial charge in [0.15, 0.2) is 0 Å². The highest BCUT2D eigenvalue weighted by molar-refractivity contribution is 7.13. The molecule has 0 atom stereocenters.